The van der Waals surface area contributed by atoms with E-state index in [0.29, 0.717) is 5.56 Å². The Balaban J connectivity index is 2.91. The number of sulfone groups is 1. The van der Waals surface area contributed by atoms with E-state index in [1.165, 1.54) is 0 Å². The summed E-state index contributed by atoms with van der Waals surface area (Å²) in [6.45, 7) is 5.10. The highest BCUT2D eigenvalue weighted by molar-refractivity contribution is 7.90. The van der Waals surface area contributed by atoms with Crippen LogP contribution in [0.15, 0.2) is 30.3 Å². The molecule has 124 valence electrons. The second kappa shape index (κ2) is 7.11. The fourth-order valence-electron chi connectivity index (χ4n) is 1.88. The van der Waals surface area contributed by atoms with Crippen LogP contribution in [0.1, 0.15) is 32.4 Å². The Kier molecular flexibility index (Phi) is 5.96. The first-order chi connectivity index (χ1) is 9.98. The van der Waals surface area contributed by atoms with Crippen LogP contribution in [0.25, 0.3) is 0 Å². The Morgan fingerprint density at radius 1 is 1.27 bits per heavy atom. The van der Waals surface area contributed by atoms with Crippen molar-refractivity contribution in [3.63, 3.8) is 0 Å². The number of ether oxygens (including phenoxy) is 1. The Morgan fingerprint density at radius 3 is 2.27 bits per heavy atom. The van der Waals surface area contributed by atoms with Crippen molar-refractivity contribution >= 4 is 15.9 Å². The second-order valence-electron chi connectivity index (χ2n) is 6.20. The number of amides is 1. The molecule has 6 nitrogen and oxygen atoms in total. The lowest BCUT2D eigenvalue weighted by Gasteiger charge is -2.26. The quantitative estimate of drug-likeness (QED) is 0.857. The summed E-state index contributed by atoms with van der Waals surface area (Å²) < 4.78 is 28.2. The largest absolute Gasteiger partial charge is 0.444 e. The van der Waals surface area contributed by atoms with Gasteiger partial charge in [0.2, 0.25) is 0 Å². The number of hydrogen-bond acceptors (Lipinski definition) is 5. The van der Waals surface area contributed by atoms with Crippen LogP contribution in [0.2, 0.25) is 0 Å². The van der Waals surface area contributed by atoms with Crippen molar-refractivity contribution in [2.24, 2.45) is 0 Å². The summed E-state index contributed by atoms with van der Waals surface area (Å²) in [5, 5.41) is 12.8. The number of carbonyl (C=O) groups is 1. The molecule has 0 aliphatic rings. The molecule has 0 aliphatic carbocycles. The van der Waals surface area contributed by atoms with Gasteiger partial charge < -0.3 is 15.2 Å². The lowest BCUT2D eigenvalue weighted by Crippen LogP contribution is -2.45. The summed E-state index contributed by atoms with van der Waals surface area (Å²) >= 11 is 0. The van der Waals surface area contributed by atoms with Gasteiger partial charge in [0.05, 0.1) is 11.8 Å². The average Bonchev–Trinajstić information content (AvgIpc) is 2.34. The van der Waals surface area contributed by atoms with Gasteiger partial charge >= 0.3 is 6.09 Å². The lowest BCUT2D eigenvalue weighted by atomic mass is 10.0. The van der Waals surface area contributed by atoms with Gasteiger partial charge in [0, 0.05) is 6.26 Å². The van der Waals surface area contributed by atoms with Gasteiger partial charge in [0.25, 0.3) is 0 Å². The summed E-state index contributed by atoms with van der Waals surface area (Å²) in [5.74, 6) is -0.387. The van der Waals surface area contributed by atoms with E-state index >= 15 is 0 Å². The zero-order valence-electron chi connectivity index (χ0n) is 13.2. The Bertz CT molecular complexity index is 592. The summed E-state index contributed by atoms with van der Waals surface area (Å²) in [6, 6.07) is 7.57. The van der Waals surface area contributed by atoms with Crippen LogP contribution in [0.4, 0.5) is 4.79 Å². The molecule has 0 saturated heterocycles. The van der Waals surface area contributed by atoms with E-state index in [1.54, 1.807) is 51.1 Å². The topological polar surface area (TPSA) is 92.7 Å². The zero-order valence-corrected chi connectivity index (χ0v) is 14.1. The second-order valence-corrected chi connectivity index (χ2v) is 8.39. The van der Waals surface area contributed by atoms with Crippen molar-refractivity contribution in [1.82, 2.24) is 5.32 Å². The average molecular weight is 329 g/mol. The number of alkyl carbamates (subject to hydrolysis) is 1. The summed E-state index contributed by atoms with van der Waals surface area (Å²) in [6.07, 6.45) is -0.867. The van der Waals surface area contributed by atoms with Crippen molar-refractivity contribution in [3.05, 3.63) is 35.9 Å². The molecule has 7 heteroatoms. The maximum absolute atomic E-state index is 11.9. The number of nitrogens with one attached hydrogen (secondary N) is 1. The van der Waals surface area contributed by atoms with Crippen LogP contribution >= 0.6 is 0 Å². The van der Waals surface area contributed by atoms with E-state index in [4.69, 9.17) is 4.74 Å². The van der Waals surface area contributed by atoms with Gasteiger partial charge in [-0.2, -0.15) is 0 Å². The van der Waals surface area contributed by atoms with Gasteiger partial charge in [-0.25, -0.2) is 13.2 Å². The van der Waals surface area contributed by atoms with Crippen molar-refractivity contribution in [2.45, 2.75) is 38.5 Å². The predicted octanol–water partition coefficient (Wildman–Crippen LogP) is 1.66. The van der Waals surface area contributed by atoms with E-state index in [-0.39, 0.29) is 5.75 Å². The minimum absolute atomic E-state index is 0.387. The van der Waals surface area contributed by atoms with Crippen molar-refractivity contribution < 1.29 is 23.1 Å². The van der Waals surface area contributed by atoms with Crippen LogP contribution in [0, 0.1) is 0 Å². The maximum atomic E-state index is 11.9. The summed E-state index contributed by atoms with van der Waals surface area (Å²) in [5.41, 5.74) is -0.190. The molecule has 0 heterocycles. The number of carbonyl (C=O) groups excluding carboxylic acids is 1. The molecule has 0 spiro atoms. The van der Waals surface area contributed by atoms with Crippen molar-refractivity contribution in [2.75, 3.05) is 12.0 Å². The fraction of sp³-hybridized carbons (Fsp3) is 0.533. The third-order valence-corrected chi connectivity index (χ3v) is 3.67. The number of hydrogen-bond donors (Lipinski definition) is 2. The SMILES string of the molecule is CC(C)(C)OC(=O)NC(CS(C)(=O)=O)C(O)c1ccccc1. The number of rotatable bonds is 5. The van der Waals surface area contributed by atoms with Gasteiger partial charge in [-0.05, 0) is 26.3 Å². The third-order valence-electron chi connectivity index (χ3n) is 2.71. The molecule has 2 unspecified atom stereocenters. The molecule has 1 rings (SSSR count). The third kappa shape index (κ3) is 6.91. The predicted molar refractivity (Wildman–Crippen MR) is 84.3 cm³/mol. The maximum Gasteiger partial charge on any atom is 0.408 e. The molecular formula is C15H23NO5S. The molecule has 1 aromatic carbocycles. The molecule has 1 aromatic rings. The minimum atomic E-state index is -3.40. The number of benzene rings is 1. The Labute approximate surface area is 131 Å². The van der Waals surface area contributed by atoms with Crippen LogP contribution in [0.3, 0.4) is 0 Å². The van der Waals surface area contributed by atoms with Gasteiger partial charge in [-0.15, -0.1) is 0 Å². The lowest BCUT2D eigenvalue weighted by molar-refractivity contribution is 0.0438. The van der Waals surface area contributed by atoms with Crippen LogP contribution in [0.5, 0.6) is 0 Å². The van der Waals surface area contributed by atoms with Gasteiger partial charge in [0.15, 0.2) is 0 Å². The van der Waals surface area contributed by atoms with E-state index < -0.39 is 33.7 Å². The number of aliphatic hydroxyl groups is 1. The van der Waals surface area contributed by atoms with Crippen LogP contribution in [-0.2, 0) is 14.6 Å². The van der Waals surface area contributed by atoms with Crippen molar-refractivity contribution in [1.29, 1.82) is 0 Å². The smallest absolute Gasteiger partial charge is 0.408 e. The van der Waals surface area contributed by atoms with Gasteiger partial charge in [-0.1, -0.05) is 30.3 Å². The molecule has 2 N–H and O–H groups in total. The standard InChI is InChI=1S/C15H23NO5S/c1-15(2,3)21-14(18)16-12(10-22(4,19)20)13(17)11-8-6-5-7-9-11/h5-9,12-13,17H,10H2,1-4H3,(H,16,18). The van der Waals surface area contributed by atoms with Crippen LogP contribution in [-0.4, -0.2) is 43.3 Å². The Hall–Kier alpha value is -1.60. The summed E-state index contributed by atoms with van der Waals surface area (Å²) in [7, 11) is -3.40. The molecule has 22 heavy (non-hydrogen) atoms. The molecule has 0 aromatic heterocycles. The first kappa shape index (κ1) is 18.4. The van der Waals surface area contributed by atoms with E-state index in [2.05, 4.69) is 5.32 Å². The molecule has 2 atom stereocenters. The van der Waals surface area contributed by atoms with E-state index in [0.717, 1.165) is 6.26 Å². The zero-order chi connectivity index (χ0) is 17.0. The monoisotopic (exact) mass is 329 g/mol. The van der Waals surface area contributed by atoms with E-state index in [9.17, 15) is 18.3 Å². The first-order valence-electron chi connectivity index (χ1n) is 6.88. The molecule has 0 saturated carbocycles. The summed E-state index contributed by atoms with van der Waals surface area (Å²) in [4.78, 5) is 11.9. The fourth-order valence-corrected chi connectivity index (χ4v) is 2.80. The molecule has 1 amide bonds. The van der Waals surface area contributed by atoms with Gasteiger partial charge in [-0.3, -0.25) is 0 Å². The number of aliphatic hydroxyl groups excluding tert-OH is 1. The molecular weight excluding hydrogens is 306 g/mol. The Morgan fingerprint density at radius 2 is 1.82 bits per heavy atom. The highest BCUT2D eigenvalue weighted by atomic mass is 32.2. The minimum Gasteiger partial charge on any atom is -0.444 e. The molecule has 0 bridgehead atoms. The molecule has 0 fully saturated rings. The van der Waals surface area contributed by atoms with Gasteiger partial charge in [0.1, 0.15) is 21.5 Å². The van der Waals surface area contributed by atoms with Crippen LogP contribution < -0.4 is 5.32 Å². The molecule has 0 aliphatic heterocycles. The normalized spacial score (nSPS) is 15.0. The highest BCUT2D eigenvalue weighted by Gasteiger charge is 2.28. The molecule has 0 radical (unpaired) electrons. The van der Waals surface area contributed by atoms with E-state index in [1.807, 2.05) is 0 Å². The van der Waals surface area contributed by atoms with Crippen molar-refractivity contribution in [3.8, 4) is 0 Å². The highest BCUT2D eigenvalue weighted by Crippen LogP contribution is 2.18. The first-order valence-corrected chi connectivity index (χ1v) is 8.94.